The molecule has 4 heterocycles. The number of rotatable bonds is 8. The van der Waals surface area contributed by atoms with Crippen LogP contribution in [-0.4, -0.2) is 65.8 Å². The van der Waals surface area contributed by atoms with Crippen molar-refractivity contribution in [2.45, 2.75) is 63.2 Å². The molecule has 2 bridgehead atoms. The van der Waals surface area contributed by atoms with E-state index in [0.717, 1.165) is 87.0 Å². The van der Waals surface area contributed by atoms with E-state index in [9.17, 15) is 9.90 Å². The Labute approximate surface area is 210 Å². The van der Waals surface area contributed by atoms with Crippen LogP contribution in [0.4, 0.5) is 0 Å². The largest absolute Gasteiger partial charge is 0.454 e. The molecule has 2 aromatic rings. The molecular weight excluding hydrogens is 436 g/mol. The van der Waals surface area contributed by atoms with E-state index in [1.165, 1.54) is 6.42 Å². The third-order valence-corrected chi connectivity index (χ3v) is 9.08. The molecule has 5 nitrogen and oxygen atoms in total. The third kappa shape index (κ3) is 5.04. The zero-order valence-electron chi connectivity index (χ0n) is 21.1. The Balaban J connectivity index is 1.29. The summed E-state index contributed by atoms with van der Waals surface area (Å²) >= 11 is 0. The molecule has 4 aliphatic heterocycles. The molecule has 0 aliphatic carbocycles. The lowest BCUT2D eigenvalue weighted by Crippen LogP contribution is -2.65. The molecule has 0 spiro atoms. The van der Waals surface area contributed by atoms with Gasteiger partial charge in [0.25, 0.3) is 0 Å². The number of aliphatic hydroxyl groups excluding tert-OH is 1. The molecular formula is C30H41N2O3+. The van der Waals surface area contributed by atoms with Crippen LogP contribution in [-0.2, 0) is 15.1 Å². The van der Waals surface area contributed by atoms with Gasteiger partial charge in [-0.1, -0.05) is 67.1 Å². The molecule has 1 N–H and O–H groups in total. The normalized spacial score (nSPS) is 29.3. The molecule has 4 fully saturated rings. The Kier molecular flexibility index (Phi) is 7.29. The molecule has 4 aliphatic rings. The van der Waals surface area contributed by atoms with Gasteiger partial charge in [-0.05, 0) is 44.0 Å². The smallest absolute Gasteiger partial charge is 0.331 e. The van der Waals surface area contributed by atoms with Crippen LogP contribution in [0.5, 0.6) is 0 Å². The highest BCUT2D eigenvalue weighted by Gasteiger charge is 2.50. The second-order valence-corrected chi connectivity index (χ2v) is 11.2. The first-order valence-corrected chi connectivity index (χ1v) is 13.6. The molecule has 3 atom stereocenters. The fourth-order valence-corrected chi connectivity index (χ4v) is 6.69. The molecule has 0 radical (unpaired) electrons. The van der Waals surface area contributed by atoms with Gasteiger partial charge < -0.3 is 14.3 Å². The number of fused-ring (bicyclic) bond motifs is 3. The highest BCUT2D eigenvalue weighted by atomic mass is 16.5. The second kappa shape index (κ2) is 10.4. The minimum atomic E-state index is -0.748. The summed E-state index contributed by atoms with van der Waals surface area (Å²) in [7, 11) is 0. The molecule has 5 heteroatoms. The summed E-state index contributed by atoms with van der Waals surface area (Å²) in [6, 6.07) is 20.2. The van der Waals surface area contributed by atoms with E-state index in [1.807, 2.05) is 48.5 Å². The van der Waals surface area contributed by atoms with Crippen molar-refractivity contribution in [3.05, 3.63) is 71.8 Å². The van der Waals surface area contributed by atoms with Crippen molar-refractivity contribution < 1.29 is 19.1 Å². The van der Waals surface area contributed by atoms with Gasteiger partial charge in [0, 0.05) is 25.2 Å². The zero-order valence-corrected chi connectivity index (χ0v) is 21.1. The predicted octanol–water partition coefficient (Wildman–Crippen LogP) is 4.66. The van der Waals surface area contributed by atoms with Gasteiger partial charge in [0.1, 0.15) is 12.1 Å². The Morgan fingerprint density at radius 1 is 1.03 bits per heavy atom. The lowest BCUT2D eigenvalue weighted by Gasteiger charge is -2.53. The lowest BCUT2D eigenvalue weighted by atomic mass is 9.82. The molecule has 35 heavy (non-hydrogen) atoms. The molecule has 4 saturated heterocycles. The fourth-order valence-electron chi connectivity index (χ4n) is 6.69. The average Bonchev–Trinajstić information content (AvgIpc) is 2.93. The minimum absolute atomic E-state index is 0.0355. The second-order valence-electron chi connectivity index (χ2n) is 11.2. The number of hydrogen-bond donors (Lipinski definition) is 1. The van der Waals surface area contributed by atoms with Crippen LogP contribution < -0.4 is 0 Å². The van der Waals surface area contributed by atoms with E-state index < -0.39 is 11.6 Å². The number of benzene rings is 2. The Hall–Kier alpha value is -2.21. The average molecular weight is 478 g/mol. The monoisotopic (exact) mass is 477 g/mol. The maximum Gasteiger partial charge on any atom is 0.331 e. The molecule has 188 valence electrons. The highest BCUT2D eigenvalue weighted by molar-refractivity contribution is 5.82. The number of quaternary nitrogens is 1. The van der Waals surface area contributed by atoms with Crippen LogP contribution >= 0.6 is 0 Å². The maximum atomic E-state index is 14.0. The van der Waals surface area contributed by atoms with E-state index in [4.69, 9.17) is 4.74 Å². The van der Waals surface area contributed by atoms with Gasteiger partial charge in [0.2, 0.25) is 0 Å². The number of piperidine rings is 4. The van der Waals surface area contributed by atoms with Crippen molar-refractivity contribution in [1.82, 2.24) is 4.90 Å². The van der Waals surface area contributed by atoms with Crippen LogP contribution in [0.3, 0.4) is 0 Å². The summed E-state index contributed by atoms with van der Waals surface area (Å²) in [5, 5.41) is 10.8. The Morgan fingerprint density at radius 2 is 1.66 bits per heavy atom. The number of aliphatic hydroxyl groups is 1. The zero-order chi connectivity index (χ0) is 24.3. The summed E-state index contributed by atoms with van der Waals surface area (Å²) in [5.41, 5.74) is 1.27. The van der Waals surface area contributed by atoms with Crippen molar-refractivity contribution in [3.8, 4) is 0 Å². The molecule has 0 amide bonds. The first kappa shape index (κ1) is 24.5. The molecule has 0 saturated carbocycles. The summed E-state index contributed by atoms with van der Waals surface area (Å²) in [4.78, 5) is 16.3. The lowest BCUT2D eigenvalue weighted by molar-refractivity contribution is -0.946. The van der Waals surface area contributed by atoms with E-state index >= 15 is 0 Å². The Morgan fingerprint density at radius 3 is 2.31 bits per heavy atom. The van der Waals surface area contributed by atoms with E-state index in [1.54, 1.807) is 0 Å². The molecule has 6 rings (SSSR count). The number of ether oxygens (including phenoxy) is 1. The van der Waals surface area contributed by atoms with Crippen LogP contribution in [0.1, 0.15) is 62.7 Å². The summed E-state index contributed by atoms with van der Waals surface area (Å²) in [5.74, 6) is 0.367. The quantitative estimate of drug-likeness (QED) is 0.444. The minimum Gasteiger partial charge on any atom is -0.454 e. The van der Waals surface area contributed by atoms with Gasteiger partial charge in [-0.3, -0.25) is 4.90 Å². The number of esters is 1. The van der Waals surface area contributed by atoms with Crippen molar-refractivity contribution in [3.63, 3.8) is 0 Å². The number of hydrogen-bond acceptors (Lipinski definition) is 4. The number of nitrogens with zero attached hydrogens (tertiary/aromatic N) is 2. The number of carbonyl (C=O) groups excluding carboxylic acids is 1. The third-order valence-electron chi connectivity index (χ3n) is 9.08. The number of carbonyl (C=O) groups is 1. The summed E-state index contributed by atoms with van der Waals surface area (Å²) in [6.07, 6.45) is 5.96. The van der Waals surface area contributed by atoms with Crippen molar-refractivity contribution in [2.24, 2.45) is 5.92 Å². The Bertz CT molecular complexity index is 968. The van der Waals surface area contributed by atoms with Gasteiger partial charge >= 0.3 is 5.97 Å². The van der Waals surface area contributed by atoms with Crippen LogP contribution in [0.2, 0.25) is 0 Å². The first-order valence-electron chi connectivity index (χ1n) is 13.6. The standard InChI is InChI=1S/C30H41N2O3/c1-30(26-13-7-3-8-14-26,31-18-9-4-10-19-31)29(34)35-28-23-32(20-15-25(28)16-21-32)22-17-27(33)24-11-5-2-6-12-24/h2-3,5-8,11-14,25,27-28,33H,4,9-10,15-23H2,1H3/q+1/t25?,27-,28+,30-,32?/m0/s1. The predicted molar refractivity (Wildman–Crippen MR) is 138 cm³/mol. The molecule has 2 aromatic carbocycles. The number of likely N-dealkylation sites (tertiary alicyclic amines) is 1. The summed E-state index contributed by atoms with van der Waals surface area (Å²) < 4.78 is 7.42. The SMILES string of the molecule is C[C@@](C(=O)O[C@@H]1C[N+]2(CC[C@H](O)c3ccccc3)CCC1CC2)(c1ccccc1)N1CCCCC1. The van der Waals surface area contributed by atoms with E-state index in [0.29, 0.717) is 5.92 Å². The topological polar surface area (TPSA) is 49.8 Å². The van der Waals surface area contributed by atoms with Gasteiger partial charge in [-0.15, -0.1) is 0 Å². The fraction of sp³-hybridized carbons (Fsp3) is 0.567. The van der Waals surface area contributed by atoms with E-state index in [-0.39, 0.29) is 12.1 Å². The summed E-state index contributed by atoms with van der Waals surface area (Å²) in [6.45, 7) is 8.00. The van der Waals surface area contributed by atoms with Crippen molar-refractivity contribution in [2.75, 3.05) is 39.3 Å². The van der Waals surface area contributed by atoms with Crippen molar-refractivity contribution in [1.29, 1.82) is 0 Å². The highest BCUT2D eigenvalue weighted by Crippen LogP contribution is 2.39. The maximum absolute atomic E-state index is 14.0. The molecule has 0 unspecified atom stereocenters. The van der Waals surface area contributed by atoms with Crippen LogP contribution in [0.15, 0.2) is 60.7 Å². The first-order chi connectivity index (χ1) is 17.0. The van der Waals surface area contributed by atoms with Crippen LogP contribution in [0.25, 0.3) is 0 Å². The molecule has 0 aromatic heterocycles. The van der Waals surface area contributed by atoms with Gasteiger partial charge in [-0.2, -0.15) is 0 Å². The van der Waals surface area contributed by atoms with Gasteiger partial charge in [0.05, 0.1) is 25.7 Å². The van der Waals surface area contributed by atoms with E-state index in [2.05, 4.69) is 24.0 Å². The van der Waals surface area contributed by atoms with Crippen LogP contribution in [0, 0.1) is 5.92 Å². The van der Waals surface area contributed by atoms with Gasteiger partial charge in [0.15, 0.2) is 6.10 Å². The van der Waals surface area contributed by atoms with Gasteiger partial charge in [-0.25, -0.2) is 4.79 Å². The van der Waals surface area contributed by atoms with Crippen molar-refractivity contribution >= 4 is 5.97 Å².